The van der Waals surface area contributed by atoms with Crippen LogP contribution in [0.4, 0.5) is 0 Å². The molecule has 0 unspecified atom stereocenters. The smallest absolute Gasteiger partial charge is 0.248 e. The van der Waals surface area contributed by atoms with Crippen LogP contribution in [0.5, 0.6) is 0 Å². The molecule has 1 aromatic carbocycles. The number of carbonyl (C=O) groups is 1. The first-order chi connectivity index (χ1) is 16.3. The summed E-state index contributed by atoms with van der Waals surface area (Å²) in [5.74, 6) is 0.0557. The lowest BCUT2D eigenvalue weighted by Crippen LogP contribution is -2.12. The fourth-order valence-electron chi connectivity index (χ4n) is 4.39. The highest BCUT2D eigenvalue weighted by atomic mass is 16.2. The Labute approximate surface area is 202 Å². The zero-order valence-corrected chi connectivity index (χ0v) is 21.1. The molecule has 0 amide bonds. The second-order valence-corrected chi connectivity index (χ2v) is 9.49. The third-order valence-electron chi connectivity index (χ3n) is 6.49. The van der Waals surface area contributed by atoms with Gasteiger partial charge in [0.15, 0.2) is 0 Å². The lowest BCUT2D eigenvalue weighted by Gasteiger charge is -2.03. The van der Waals surface area contributed by atoms with Crippen molar-refractivity contribution in [1.29, 1.82) is 0 Å². The van der Waals surface area contributed by atoms with Crippen molar-refractivity contribution >= 4 is 16.9 Å². The summed E-state index contributed by atoms with van der Waals surface area (Å²) in [6, 6.07) is 7.63. The molecule has 0 saturated carbocycles. The van der Waals surface area contributed by atoms with E-state index in [0.29, 0.717) is 6.42 Å². The Hall–Kier alpha value is -1.97. The number of rotatable bonds is 20. The number of nitrogens with zero attached hydrogens (tertiary/aromatic N) is 3. The summed E-state index contributed by atoms with van der Waals surface area (Å²) in [5, 5.41) is 8.07. The third kappa shape index (κ3) is 12.2. The van der Waals surface area contributed by atoms with Crippen LogP contribution in [-0.2, 0) is 0 Å². The van der Waals surface area contributed by atoms with Crippen molar-refractivity contribution in [3.63, 3.8) is 0 Å². The van der Waals surface area contributed by atoms with E-state index in [1.54, 1.807) is 0 Å². The average Bonchev–Trinajstić information content (AvgIpc) is 3.27. The number of unbranched alkanes of at least 4 members (excludes halogenated alkanes) is 16. The van der Waals surface area contributed by atoms with Gasteiger partial charge in [-0.3, -0.25) is 4.79 Å². The van der Waals surface area contributed by atoms with Crippen molar-refractivity contribution in [1.82, 2.24) is 15.0 Å². The molecular weight excluding hydrogens is 406 g/mol. The average molecular weight is 454 g/mol. The largest absolute Gasteiger partial charge is 0.273 e. The van der Waals surface area contributed by atoms with Gasteiger partial charge in [0.05, 0.1) is 5.52 Å². The minimum Gasteiger partial charge on any atom is -0.273 e. The minimum atomic E-state index is 0.0557. The van der Waals surface area contributed by atoms with Gasteiger partial charge in [-0.1, -0.05) is 120 Å². The van der Waals surface area contributed by atoms with Crippen LogP contribution in [0.1, 0.15) is 134 Å². The predicted molar refractivity (Wildman–Crippen MR) is 141 cm³/mol. The number of fused-ring (bicyclic) bond motifs is 1. The van der Waals surface area contributed by atoms with E-state index in [1.807, 2.05) is 24.3 Å². The molecule has 0 aliphatic rings. The fraction of sp³-hybridized carbons (Fsp3) is 0.690. The van der Waals surface area contributed by atoms with Crippen LogP contribution < -0.4 is 0 Å². The van der Waals surface area contributed by atoms with E-state index in [2.05, 4.69) is 29.4 Å². The van der Waals surface area contributed by atoms with Crippen LogP contribution in [0.3, 0.4) is 0 Å². The number of hydrogen-bond donors (Lipinski definition) is 0. The van der Waals surface area contributed by atoms with Crippen molar-refractivity contribution in [3.05, 3.63) is 36.4 Å². The first-order valence-corrected chi connectivity index (χ1v) is 13.8. The molecule has 1 aromatic heterocycles. The Bertz CT molecular complexity index is 780. The molecule has 33 heavy (non-hydrogen) atoms. The van der Waals surface area contributed by atoms with Gasteiger partial charge >= 0.3 is 0 Å². The molecule has 4 heteroatoms. The molecule has 0 fully saturated rings. The molecule has 4 nitrogen and oxygen atoms in total. The van der Waals surface area contributed by atoms with E-state index >= 15 is 0 Å². The van der Waals surface area contributed by atoms with Gasteiger partial charge in [-0.2, -0.15) is 4.68 Å². The highest BCUT2D eigenvalue weighted by Gasteiger charge is 2.10. The van der Waals surface area contributed by atoms with Gasteiger partial charge in [-0.25, -0.2) is 0 Å². The number of hydrogen-bond acceptors (Lipinski definition) is 3. The molecule has 0 saturated heterocycles. The summed E-state index contributed by atoms with van der Waals surface area (Å²) in [6.45, 7) is 2.28. The van der Waals surface area contributed by atoms with E-state index in [1.165, 1.54) is 107 Å². The Morgan fingerprint density at radius 2 is 1.24 bits per heavy atom. The molecule has 0 atom stereocenters. The lowest BCUT2D eigenvalue weighted by molar-refractivity contribution is 0.0886. The predicted octanol–water partition coefficient (Wildman–Crippen LogP) is 9.06. The first-order valence-electron chi connectivity index (χ1n) is 13.8. The summed E-state index contributed by atoms with van der Waals surface area (Å²) < 4.78 is 1.46. The van der Waals surface area contributed by atoms with E-state index < -0.39 is 0 Å². The monoisotopic (exact) mass is 453 g/mol. The summed E-state index contributed by atoms with van der Waals surface area (Å²) in [7, 11) is 0. The van der Waals surface area contributed by atoms with Gasteiger partial charge in [0.1, 0.15) is 5.52 Å². The maximum atomic E-state index is 12.4. The maximum absolute atomic E-state index is 12.4. The highest BCUT2D eigenvalue weighted by molar-refractivity contribution is 5.88. The standard InChI is InChI=1S/C29H47N3O/c1-2-3-4-5-6-7-8-9-10-11-12-13-14-15-16-17-18-19-20-21-26-29(33)32-28-25-23-22-24-27(28)30-31-32/h10-11,22-25H,2-9,12-21,26H2,1H3/b11-10+. The number of allylic oxidation sites excluding steroid dienone is 2. The van der Waals surface area contributed by atoms with Crippen molar-refractivity contribution in [2.24, 2.45) is 0 Å². The SMILES string of the molecule is CCCCCCCCC/C=C/CCCCCCCCCCCC(=O)n1nnc2ccccc21. The Kier molecular flexibility index (Phi) is 15.3. The van der Waals surface area contributed by atoms with Crippen molar-refractivity contribution < 1.29 is 4.79 Å². The Morgan fingerprint density at radius 1 is 0.727 bits per heavy atom. The Morgan fingerprint density at radius 3 is 1.85 bits per heavy atom. The molecule has 2 rings (SSSR count). The van der Waals surface area contributed by atoms with Crippen LogP contribution in [-0.4, -0.2) is 20.9 Å². The molecule has 0 N–H and O–H groups in total. The maximum Gasteiger partial charge on any atom is 0.248 e. The van der Waals surface area contributed by atoms with Gasteiger partial charge in [-0.05, 0) is 44.2 Å². The molecule has 0 radical (unpaired) electrons. The summed E-state index contributed by atoms with van der Waals surface area (Å²) in [4.78, 5) is 12.4. The molecule has 0 aliphatic carbocycles. The topological polar surface area (TPSA) is 47.8 Å². The second kappa shape index (κ2) is 18.5. The molecule has 0 bridgehead atoms. The summed E-state index contributed by atoms with van der Waals surface area (Å²) >= 11 is 0. The zero-order chi connectivity index (χ0) is 23.4. The van der Waals surface area contributed by atoms with E-state index in [4.69, 9.17) is 0 Å². The van der Waals surface area contributed by atoms with E-state index in [9.17, 15) is 4.79 Å². The van der Waals surface area contributed by atoms with Crippen molar-refractivity contribution in [3.8, 4) is 0 Å². The number of benzene rings is 1. The molecular formula is C29H47N3O. The zero-order valence-electron chi connectivity index (χ0n) is 21.1. The van der Waals surface area contributed by atoms with Crippen molar-refractivity contribution in [2.75, 3.05) is 0 Å². The number of aromatic nitrogens is 3. The van der Waals surface area contributed by atoms with Crippen LogP contribution in [0, 0.1) is 0 Å². The van der Waals surface area contributed by atoms with Gasteiger partial charge < -0.3 is 0 Å². The quantitative estimate of drug-likeness (QED) is 0.148. The molecule has 1 heterocycles. The van der Waals surface area contributed by atoms with Crippen molar-refractivity contribution in [2.45, 2.75) is 129 Å². The van der Waals surface area contributed by atoms with Crippen LogP contribution in [0.2, 0.25) is 0 Å². The Balaban J connectivity index is 1.32. The minimum absolute atomic E-state index is 0.0557. The first kappa shape index (κ1) is 27.3. The lowest BCUT2D eigenvalue weighted by atomic mass is 10.1. The van der Waals surface area contributed by atoms with Gasteiger partial charge in [0, 0.05) is 6.42 Å². The molecule has 2 aromatic rings. The van der Waals surface area contributed by atoms with E-state index in [0.717, 1.165) is 23.9 Å². The summed E-state index contributed by atoms with van der Waals surface area (Å²) in [5.41, 5.74) is 1.59. The van der Waals surface area contributed by atoms with Crippen LogP contribution in [0.25, 0.3) is 11.0 Å². The normalized spacial score (nSPS) is 11.7. The molecule has 184 valence electrons. The molecule has 0 spiro atoms. The van der Waals surface area contributed by atoms with Crippen LogP contribution in [0.15, 0.2) is 36.4 Å². The second-order valence-electron chi connectivity index (χ2n) is 9.49. The van der Waals surface area contributed by atoms with Gasteiger partial charge in [-0.15, -0.1) is 5.10 Å². The van der Waals surface area contributed by atoms with E-state index in [-0.39, 0.29) is 5.91 Å². The van der Waals surface area contributed by atoms with Gasteiger partial charge in [0.2, 0.25) is 5.91 Å². The molecule has 0 aliphatic heterocycles. The summed E-state index contributed by atoms with van der Waals surface area (Å²) in [6.07, 6.45) is 29.0. The third-order valence-corrected chi connectivity index (χ3v) is 6.49. The van der Waals surface area contributed by atoms with Crippen LogP contribution >= 0.6 is 0 Å². The van der Waals surface area contributed by atoms with Gasteiger partial charge in [0.25, 0.3) is 0 Å². The fourth-order valence-corrected chi connectivity index (χ4v) is 4.39. The number of para-hydroxylation sites is 1. The highest BCUT2D eigenvalue weighted by Crippen LogP contribution is 2.14. The number of carbonyl (C=O) groups excluding carboxylic acids is 1.